The van der Waals surface area contributed by atoms with Gasteiger partial charge in [0.1, 0.15) is 0 Å². The first-order chi connectivity index (χ1) is 22.6. The van der Waals surface area contributed by atoms with E-state index in [4.69, 9.17) is 36.7 Å². The molecule has 3 rings (SSSR count). The summed E-state index contributed by atoms with van der Waals surface area (Å²) in [5.41, 5.74) is 16.9. The highest BCUT2D eigenvalue weighted by atomic mass is 32.5. The van der Waals surface area contributed by atoms with E-state index >= 15 is 0 Å². The van der Waals surface area contributed by atoms with Gasteiger partial charge in [-0.05, 0) is 55.7 Å². The Kier molecular flexibility index (Phi) is 21.0. The van der Waals surface area contributed by atoms with Gasteiger partial charge in [0, 0.05) is 44.2 Å². The van der Waals surface area contributed by atoms with Crippen LogP contribution in [0.3, 0.4) is 0 Å². The molecular weight excluding hydrogens is 639 g/mol. The van der Waals surface area contributed by atoms with Gasteiger partial charge in [0.25, 0.3) is 0 Å². The van der Waals surface area contributed by atoms with Crippen molar-refractivity contribution in [1.29, 1.82) is 0 Å². The number of carbonyl (C=O) groups is 2. The molecule has 0 saturated carbocycles. The Morgan fingerprint density at radius 1 is 0.936 bits per heavy atom. The quantitative estimate of drug-likeness (QED) is 0.0548. The van der Waals surface area contributed by atoms with Gasteiger partial charge in [-0.2, -0.15) is 0 Å². The van der Waals surface area contributed by atoms with Crippen LogP contribution in [0.1, 0.15) is 88.3 Å². The van der Waals surface area contributed by atoms with Crippen LogP contribution in [-0.4, -0.2) is 65.1 Å². The Morgan fingerprint density at radius 3 is 2.23 bits per heavy atom. The van der Waals surface area contributed by atoms with E-state index < -0.39 is 6.72 Å². The van der Waals surface area contributed by atoms with Gasteiger partial charge < -0.3 is 46.1 Å². The van der Waals surface area contributed by atoms with E-state index in [1.807, 2.05) is 62.4 Å². The number of nitrogens with zero attached hydrogens (tertiary/aromatic N) is 2. The standard InChI is InChI=1S/C30H45N6O5PS.C2H6.CH4O/c31-18-8-3-10-20-36(33)30-24-13-5-4-12-23(24)22-35(26-15-7-6-14-25(26)29(30)32)28(38)17-16-27(37)34-19-9-1-2-11-21-41-42(39,40)43;2*1-2/h4-7,12-15H,1-3,8-11,16-22,31-33H2,(H,34,37)(H2,39,40,43);1-2H3;2H,1H3/b30-29-;;. The van der Waals surface area contributed by atoms with Crippen LogP contribution in [0.15, 0.2) is 48.5 Å². The Hall–Kier alpha value is -2.87. The van der Waals surface area contributed by atoms with Gasteiger partial charge in [-0.1, -0.05) is 75.6 Å². The van der Waals surface area contributed by atoms with Crippen molar-refractivity contribution in [3.8, 4) is 0 Å². The molecule has 14 heteroatoms. The van der Waals surface area contributed by atoms with Crippen molar-refractivity contribution in [3.63, 3.8) is 0 Å². The number of nitrogens with one attached hydrogen (secondary N) is 1. The summed E-state index contributed by atoms with van der Waals surface area (Å²) in [6.45, 7) is 2.68. The van der Waals surface area contributed by atoms with Crippen molar-refractivity contribution in [1.82, 2.24) is 10.3 Å². The fourth-order valence-corrected chi connectivity index (χ4v) is 5.63. The summed E-state index contributed by atoms with van der Waals surface area (Å²) >= 11 is 4.41. The Balaban J connectivity index is 0.00000265. The number of aliphatic hydroxyl groups excluding tert-OH is 1. The lowest BCUT2D eigenvalue weighted by Crippen LogP contribution is -2.37. The number of anilines is 1. The molecule has 0 bridgehead atoms. The third kappa shape index (κ3) is 14.8. The van der Waals surface area contributed by atoms with Crippen LogP contribution >= 0.6 is 6.72 Å². The second kappa shape index (κ2) is 23.5. The number of hydrogen-bond acceptors (Lipinski definition) is 9. The topological polar surface area (TPSA) is 201 Å². The SMILES string of the molecule is CC.CO.NCCCCCN(N)/C1=C(\N)c2ccccc2N(C(=O)CCC(=O)NCCCCCCOP(O)(O)=S)Cc2ccccc21. The molecule has 1 aliphatic heterocycles. The number of amides is 2. The number of aliphatic hydroxyl groups is 1. The van der Waals surface area contributed by atoms with Gasteiger partial charge >= 0.3 is 6.72 Å². The number of para-hydroxylation sites is 1. The average Bonchev–Trinajstić information content (AvgIpc) is 3.07. The normalized spacial score (nSPS) is 13.8. The smallest absolute Gasteiger partial charge is 0.321 e. The zero-order valence-electron chi connectivity index (χ0n) is 28.1. The predicted molar refractivity (Wildman–Crippen MR) is 194 cm³/mol. The van der Waals surface area contributed by atoms with Crippen molar-refractivity contribution >= 4 is 47.4 Å². The number of benzene rings is 2. The van der Waals surface area contributed by atoms with E-state index in [9.17, 15) is 9.59 Å². The number of unbranched alkanes of at least 4 members (excludes halogenated alkanes) is 5. The molecule has 1 heterocycles. The third-order valence-corrected chi connectivity index (χ3v) is 8.09. The first-order valence-corrected chi connectivity index (χ1v) is 18.9. The lowest BCUT2D eigenvalue weighted by atomic mass is 9.95. The number of hydrazine groups is 1. The Bertz CT molecular complexity index is 1310. The molecule has 1 aliphatic rings. The van der Waals surface area contributed by atoms with Crippen molar-refractivity contribution in [3.05, 3.63) is 65.2 Å². The fraction of sp³-hybridized carbons (Fsp3) is 0.515. The van der Waals surface area contributed by atoms with E-state index in [1.165, 1.54) is 0 Å². The molecule has 0 aromatic heterocycles. The summed E-state index contributed by atoms with van der Waals surface area (Å²) in [4.78, 5) is 45.9. The van der Waals surface area contributed by atoms with E-state index in [0.717, 1.165) is 62.5 Å². The molecule has 12 nitrogen and oxygen atoms in total. The van der Waals surface area contributed by atoms with Crippen molar-refractivity contribution < 1.29 is 29.0 Å². The summed E-state index contributed by atoms with van der Waals surface area (Å²) in [5.74, 6) is 6.24. The maximum Gasteiger partial charge on any atom is 0.321 e. The van der Waals surface area contributed by atoms with Crippen molar-refractivity contribution in [2.45, 2.75) is 78.2 Å². The maximum atomic E-state index is 13.6. The minimum atomic E-state index is -3.59. The molecule has 2 aromatic carbocycles. The zero-order valence-corrected chi connectivity index (χ0v) is 29.8. The van der Waals surface area contributed by atoms with Crippen LogP contribution in [0.2, 0.25) is 0 Å². The second-order valence-corrected chi connectivity index (χ2v) is 13.2. The minimum Gasteiger partial charge on any atom is -0.400 e. The first-order valence-electron chi connectivity index (χ1n) is 16.2. The monoisotopic (exact) mass is 694 g/mol. The predicted octanol–water partition coefficient (Wildman–Crippen LogP) is 3.94. The van der Waals surface area contributed by atoms with E-state index in [0.29, 0.717) is 49.5 Å². The molecule has 0 saturated heterocycles. The molecular formula is C33H55N6O6PS. The number of nitrogens with two attached hydrogens (primary N) is 3. The average molecular weight is 695 g/mol. The van der Waals surface area contributed by atoms with Gasteiger partial charge in [0.05, 0.1) is 30.2 Å². The van der Waals surface area contributed by atoms with Gasteiger partial charge in [-0.3, -0.25) is 9.59 Å². The van der Waals surface area contributed by atoms with Crippen molar-refractivity contribution in [2.24, 2.45) is 17.3 Å². The number of hydrogen-bond donors (Lipinski definition) is 7. The molecule has 10 N–H and O–H groups in total. The molecule has 0 atom stereocenters. The van der Waals surface area contributed by atoms with Gasteiger partial charge in [-0.25, -0.2) is 5.84 Å². The minimum absolute atomic E-state index is 0.0502. The van der Waals surface area contributed by atoms with Crippen molar-refractivity contribution in [2.75, 3.05) is 38.3 Å². The molecule has 264 valence electrons. The molecule has 0 fully saturated rings. The number of carbonyl (C=O) groups excluding carboxylic acids is 2. The molecule has 2 amide bonds. The molecule has 0 aliphatic carbocycles. The summed E-state index contributed by atoms with van der Waals surface area (Å²) in [7, 11) is 1.00. The van der Waals surface area contributed by atoms with E-state index in [1.54, 1.807) is 9.91 Å². The highest BCUT2D eigenvalue weighted by Crippen LogP contribution is 2.37. The number of fused-ring (bicyclic) bond motifs is 2. The van der Waals surface area contributed by atoms with Crippen LogP contribution in [-0.2, 0) is 32.5 Å². The van der Waals surface area contributed by atoms with Crippen LogP contribution in [0, 0.1) is 0 Å². The first kappa shape index (κ1) is 42.2. The van der Waals surface area contributed by atoms with Crippen LogP contribution in [0.5, 0.6) is 0 Å². The molecule has 0 spiro atoms. The summed E-state index contributed by atoms with van der Waals surface area (Å²) in [6, 6.07) is 15.3. The zero-order chi connectivity index (χ0) is 35.2. The van der Waals surface area contributed by atoms with Crippen LogP contribution in [0.25, 0.3) is 11.4 Å². The Morgan fingerprint density at radius 2 is 1.55 bits per heavy atom. The summed E-state index contributed by atoms with van der Waals surface area (Å²) in [6.07, 6.45) is 5.98. The van der Waals surface area contributed by atoms with Crippen LogP contribution in [0.4, 0.5) is 5.69 Å². The largest absolute Gasteiger partial charge is 0.400 e. The maximum absolute atomic E-state index is 13.6. The van der Waals surface area contributed by atoms with E-state index in [2.05, 4.69) is 17.1 Å². The summed E-state index contributed by atoms with van der Waals surface area (Å²) < 4.78 is 4.79. The van der Waals surface area contributed by atoms with Crippen LogP contribution < -0.4 is 27.5 Å². The second-order valence-electron chi connectivity index (χ2n) is 10.5. The fourth-order valence-electron chi connectivity index (χ4n) is 5.04. The van der Waals surface area contributed by atoms with Gasteiger partial charge in [-0.15, -0.1) is 0 Å². The highest BCUT2D eigenvalue weighted by molar-refractivity contribution is 8.06. The van der Waals surface area contributed by atoms with E-state index in [-0.39, 0.29) is 31.3 Å². The molecule has 47 heavy (non-hydrogen) atoms. The third-order valence-electron chi connectivity index (χ3n) is 7.25. The van der Waals surface area contributed by atoms with Gasteiger partial charge in [0.15, 0.2) is 0 Å². The molecule has 0 radical (unpaired) electrons. The highest BCUT2D eigenvalue weighted by Gasteiger charge is 2.27. The lowest BCUT2D eigenvalue weighted by Gasteiger charge is -2.33. The van der Waals surface area contributed by atoms with Gasteiger partial charge in [0.2, 0.25) is 11.8 Å². The lowest BCUT2D eigenvalue weighted by molar-refractivity contribution is -0.125. The number of rotatable bonds is 17. The molecule has 2 aromatic rings. The summed E-state index contributed by atoms with van der Waals surface area (Å²) in [5, 5.41) is 11.6. The Labute approximate surface area is 285 Å². The molecule has 0 unspecified atom stereocenters.